The summed E-state index contributed by atoms with van der Waals surface area (Å²) in [6.07, 6.45) is 2.61. The van der Waals surface area contributed by atoms with Gasteiger partial charge in [0.25, 0.3) is 0 Å². The second-order valence-electron chi connectivity index (χ2n) is 4.48. The summed E-state index contributed by atoms with van der Waals surface area (Å²) in [6, 6.07) is 8.65. The zero-order valence-electron chi connectivity index (χ0n) is 11.6. The normalized spacial score (nSPS) is 11.2. The first-order valence-electron chi connectivity index (χ1n) is 6.12. The molecule has 0 bridgehead atoms. The van der Waals surface area contributed by atoms with E-state index in [1.165, 1.54) is 12.3 Å². The van der Waals surface area contributed by atoms with Gasteiger partial charge in [-0.2, -0.15) is 0 Å². The van der Waals surface area contributed by atoms with Crippen LogP contribution in [0.4, 0.5) is 5.69 Å². The molecule has 0 atom stereocenters. The van der Waals surface area contributed by atoms with E-state index in [0.29, 0.717) is 17.3 Å². The number of aromatic nitrogens is 1. The molecule has 2 aromatic rings. The second-order valence-corrected chi connectivity index (χ2v) is 6.85. The van der Waals surface area contributed by atoms with Crippen LogP contribution in [-0.4, -0.2) is 26.8 Å². The van der Waals surface area contributed by atoms with E-state index in [0.717, 1.165) is 17.5 Å². The molecule has 112 valence electrons. The van der Waals surface area contributed by atoms with Crippen molar-refractivity contribution in [1.82, 2.24) is 4.98 Å². The second kappa shape index (κ2) is 6.32. The van der Waals surface area contributed by atoms with Gasteiger partial charge >= 0.3 is 0 Å². The maximum atomic E-state index is 11.3. The van der Waals surface area contributed by atoms with Gasteiger partial charge in [-0.25, -0.2) is 13.4 Å². The quantitative estimate of drug-likeness (QED) is 0.915. The van der Waals surface area contributed by atoms with Crippen molar-refractivity contribution in [3.8, 4) is 5.75 Å². The fourth-order valence-corrected chi connectivity index (χ4v) is 2.57. The van der Waals surface area contributed by atoms with Gasteiger partial charge in [0.05, 0.1) is 24.0 Å². The summed E-state index contributed by atoms with van der Waals surface area (Å²) in [4.78, 5) is 3.91. The fourth-order valence-electron chi connectivity index (χ4n) is 1.73. The zero-order chi connectivity index (χ0) is 15.5. The van der Waals surface area contributed by atoms with E-state index >= 15 is 0 Å². The van der Waals surface area contributed by atoms with E-state index in [1.807, 2.05) is 12.1 Å². The summed E-state index contributed by atoms with van der Waals surface area (Å²) < 4.78 is 27.7. The number of methoxy groups -OCH3 is 1. The molecule has 1 aromatic heterocycles. The molecule has 0 unspecified atom stereocenters. The third-order valence-electron chi connectivity index (χ3n) is 2.83. The van der Waals surface area contributed by atoms with Crippen LogP contribution in [0.3, 0.4) is 0 Å². The largest absolute Gasteiger partial charge is 0.495 e. The van der Waals surface area contributed by atoms with Gasteiger partial charge in [0.1, 0.15) is 5.75 Å². The van der Waals surface area contributed by atoms with E-state index in [1.54, 1.807) is 19.2 Å². The summed E-state index contributed by atoms with van der Waals surface area (Å²) in [6.45, 7) is 0.545. The van der Waals surface area contributed by atoms with Crippen molar-refractivity contribution in [3.63, 3.8) is 0 Å². The first-order valence-corrected chi connectivity index (χ1v) is 8.39. The Bertz CT molecular complexity index is 730. The van der Waals surface area contributed by atoms with E-state index in [4.69, 9.17) is 16.3 Å². The molecule has 0 fully saturated rings. The van der Waals surface area contributed by atoms with E-state index in [-0.39, 0.29) is 5.03 Å². The fraction of sp³-hybridized carbons (Fsp3) is 0.214. The molecule has 21 heavy (non-hydrogen) atoms. The molecule has 0 amide bonds. The van der Waals surface area contributed by atoms with Gasteiger partial charge in [0.2, 0.25) is 0 Å². The van der Waals surface area contributed by atoms with Gasteiger partial charge < -0.3 is 10.1 Å². The lowest BCUT2D eigenvalue weighted by molar-refractivity contribution is 0.415. The van der Waals surface area contributed by atoms with Crippen LogP contribution in [0.5, 0.6) is 5.75 Å². The van der Waals surface area contributed by atoms with Crippen molar-refractivity contribution in [2.24, 2.45) is 0 Å². The van der Waals surface area contributed by atoms with Gasteiger partial charge in [-0.05, 0) is 29.8 Å². The van der Waals surface area contributed by atoms with Crippen LogP contribution < -0.4 is 10.1 Å². The highest BCUT2D eigenvalue weighted by atomic mass is 35.5. The van der Waals surface area contributed by atoms with Crippen molar-refractivity contribution >= 4 is 27.1 Å². The lowest BCUT2D eigenvalue weighted by Crippen LogP contribution is -2.03. The number of pyridine rings is 1. The van der Waals surface area contributed by atoms with Crippen LogP contribution >= 0.6 is 11.6 Å². The third kappa shape index (κ3) is 4.09. The van der Waals surface area contributed by atoms with Crippen molar-refractivity contribution < 1.29 is 13.2 Å². The Kier molecular flexibility index (Phi) is 4.69. The standard InChI is InChI=1S/C14H15ClN2O3S/c1-20-13-5-3-10(7-12(13)15)8-16-11-4-6-14(17-9-11)21(2,18)19/h3-7,9,16H,8H2,1-2H3. The Morgan fingerprint density at radius 1 is 1.29 bits per heavy atom. The Hall–Kier alpha value is -1.79. The van der Waals surface area contributed by atoms with Gasteiger partial charge in [-0.15, -0.1) is 0 Å². The van der Waals surface area contributed by atoms with Crippen molar-refractivity contribution in [2.75, 3.05) is 18.7 Å². The molecule has 1 aromatic carbocycles. The maximum Gasteiger partial charge on any atom is 0.192 e. The number of hydrogen-bond acceptors (Lipinski definition) is 5. The summed E-state index contributed by atoms with van der Waals surface area (Å²) in [7, 11) is -1.71. The van der Waals surface area contributed by atoms with Gasteiger partial charge in [0, 0.05) is 12.8 Å². The summed E-state index contributed by atoms with van der Waals surface area (Å²) in [5.74, 6) is 0.625. The van der Waals surface area contributed by atoms with Gasteiger partial charge in [-0.1, -0.05) is 17.7 Å². The van der Waals surface area contributed by atoms with Crippen molar-refractivity contribution in [2.45, 2.75) is 11.6 Å². The highest BCUT2D eigenvalue weighted by Crippen LogP contribution is 2.25. The molecule has 5 nitrogen and oxygen atoms in total. The monoisotopic (exact) mass is 326 g/mol. The average Bonchev–Trinajstić information content (AvgIpc) is 2.45. The van der Waals surface area contributed by atoms with E-state index < -0.39 is 9.84 Å². The minimum Gasteiger partial charge on any atom is -0.495 e. The molecule has 0 saturated heterocycles. The topological polar surface area (TPSA) is 68.3 Å². The van der Waals surface area contributed by atoms with Crippen molar-refractivity contribution in [3.05, 3.63) is 47.1 Å². The predicted molar refractivity (Wildman–Crippen MR) is 82.7 cm³/mol. The molecule has 0 aliphatic carbocycles. The van der Waals surface area contributed by atoms with Gasteiger partial charge in [0.15, 0.2) is 14.9 Å². The minimum absolute atomic E-state index is 0.0561. The van der Waals surface area contributed by atoms with Gasteiger partial charge in [-0.3, -0.25) is 0 Å². The van der Waals surface area contributed by atoms with Crippen LogP contribution in [0, 0.1) is 0 Å². The molecule has 2 rings (SSSR count). The zero-order valence-corrected chi connectivity index (χ0v) is 13.2. The molecular formula is C14H15ClN2O3S. The minimum atomic E-state index is -3.27. The lowest BCUT2D eigenvalue weighted by atomic mass is 10.2. The summed E-state index contributed by atoms with van der Waals surface area (Å²) in [5, 5.41) is 3.75. The Labute approximate surface area is 128 Å². The highest BCUT2D eigenvalue weighted by molar-refractivity contribution is 7.90. The molecule has 0 radical (unpaired) electrons. The van der Waals surface area contributed by atoms with Crippen LogP contribution in [0.1, 0.15) is 5.56 Å². The number of ether oxygens (including phenoxy) is 1. The number of nitrogens with one attached hydrogen (secondary N) is 1. The highest BCUT2D eigenvalue weighted by Gasteiger charge is 2.08. The lowest BCUT2D eigenvalue weighted by Gasteiger charge is -2.09. The van der Waals surface area contributed by atoms with Crippen molar-refractivity contribution in [1.29, 1.82) is 0 Å². The Morgan fingerprint density at radius 3 is 2.57 bits per heavy atom. The number of rotatable bonds is 5. The molecule has 0 spiro atoms. The first-order chi connectivity index (χ1) is 9.90. The molecule has 0 aliphatic rings. The molecule has 1 heterocycles. The predicted octanol–water partition coefficient (Wildman–Crippen LogP) is 2.76. The molecular weight excluding hydrogens is 312 g/mol. The van der Waals surface area contributed by atoms with Crippen LogP contribution in [0.15, 0.2) is 41.6 Å². The number of benzene rings is 1. The maximum absolute atomic E-state index is 11.3. The SMILES string of the molecule is COc1ccc(CNc2ccc(S(C)(=O)=O)nc2)cc1Cl. The molecule has 0 saturated carbocycles. The smallest absolute Gasteiger partial charge is 0.192 e. The van der Waals surface area contributed by atoms with E-state index in [9.17, 15) is 8.42 Å². The third-order valence-corrected chi connectivity index (χ3v) is 4.13. The average molecular weight is 327 g/mol. The van der Waals surface area contributed by atoms with E-state index in [2.05, 4.69) is 10.3 Å². The molecule has 7 heteroatoms. The number of hydrogen-bond donors (Lipinski definition) is 1. The Morgan fingerprint density at radius 2 is 2.05 bits per heavy atom. The van der Waals surface area contributed by atoms with Crippen LogP contribution in [0.25, 0.3) is 0 Å². The summed E-state index contributed by atoms with van der Waals surface area (Å²) in [5.41, 5.74) is 1.71. The van der Waals surface area contributed by atoms with Crippen LogP contribution in [-0.2, 0) is 16.4 Å². The first kappa shape index (κ1) is 15.6. The number of halogens is 1. The number of nitrogens with zero attached hydrogens (tertiary/aromatic N) is 1. The van der Waals surface area contributed by atoms with Crippen LogP contribution in [0.2, 0.25) is 5.02 Å². The number of anilines is 1. The Balaban J connectivity index is 2.05. The molecule has 1 N–H and O–H groups in total. The molecule has 0 aliphatic heterocycles. The number of sulfone groups is 1. The summed E-state index contributed by atoms with van der Waals surface area (Å²) >= 11 is 6.05.